The minimum atomic E-state index is -0.728. The van der Waals surface area contributed by atoms with Gasteiger partial charge >= 0.3 is 5.97 Å². The fraction of sp³-hybridized carbons (Fsp3) is 0.900. The summed E-state index contributed by atoms with van der Waals surface area (Å²) in [6.45, 7) is 13.3. The monoisotopic (exact) mass is 397 g/mol. The van der Waals surface area contributed by atoms with Crippen LogP contribution in [-0.4, -0.2) is 113 Å². The van der Waals surface area contributed by atoms with Crippen LogP contribution in [0.1, 0.15) is 40.5 Å². The second kappa shape index (κ2) is 10.0. The molecule has 2 aliphatic rings. The summed E-state index contributed by atoms with van der Waals surface area (Å²) in [4.78, 5) is 32.2. The van der Waals surface area contributed by atoms with E-state index >= 15 is 0 Å². The van der Waals surface area contributed by atoms with Crippen molar-refractivity contribution in [3.8, 4) is 0 Å². The maximum absolute atomic E-state index is 11.7. The average Bonchev–Trinajstić information content (AvgIpc) is 2.65. The number of hydrogen-bond donors (Lipinski definition) is 2. The molecular weight excluding hydrogens is 358 g/mol. The number of amides is 1. The smallest absolute Gasteiger partial charge is 0.322 e. The first-order valence-electron chi connectivity index (χ1n) is 10.6. The first kappa shape index (κ1) is 23.1. The number of aliphatic carboxylic acids is 1. The van der Waals surface area contributed by atoms with Gasteiger partial charge < -0.3 is 10.8 Å². The molecule has 0 aromatic rings. The van der Waals surface area contributed by atoms with Crippen LogP contribution in [0.2, 0.25) is 0 Å². The largest absolute Gasteiger partial charge is 0.480 e. The number of primary amides is 1. The number of likely N-dealkylation sites (N-methyl/N-ethyl adjacent to an activating group) is 1. The van der Waals surface area contributed by atoms with E-state index in [1.807, 2.05) is 11.9 Å². The molecular formula is C20H39N5O3. The van der Waals surface area contributed by atoms with Crippen molar-refractivity contribution in [2.75, 3.05) is 46.3 Å². The van der Waals surface area contributed by atoms with Crippen molar-refractivity contribution in [2.45, 2.75) is 70.7 Å². The molecule has 3 N–H and O–H groups in total. The van der Waals surface area contributed by atoms with Crippen molar-refractivity contribution in [1.29, 1.82) is 0 Å². The lowest BCUT2D eigenvalue weighted by Gasteiger charge is -2.44. The molecule has 4 atom stereocenters. The van der Waals surface area contributed by atoms with Gasteiger partial charge in [0.2, 0.25) is 5.91 Å². The van der Waals surface area contributed by atoms with Gasteiger partial charge in [-0.1, -0.05) is 0 Å². The lowest BCUT2D eigenvalue weighted by molar-refractivity contribution is -0.147. The number of rotatable bonds is 8. The number of carboxylic acid groups (broad SMARTS) is 1. The normalized spacial score (nSPS) is 28.4. The second-order valence-corrected chi connectivity index (χ2v) is 8.85. The van der Waals surface area contributed by atoms with E-state index in [-0.39, 0.29) is 18.0 Å². The average molecular weight is 398 g/mol. The molecule has 162 valence electrons. The minimum Gasteiger partial charge on any atom is -0.480 e. The van der Waals surface area contributed by atoms with Gasteiger partial charge in [0, 0.05) is 57.4 Å². The predicted molar refractivity (Wildman–Crippen MR) is 110 cm³/mol. The van der Waals surface area contributed by atoms with E-state index < -0.39 is 12.0 Å². The van der Waals surface area contributed by atoms with Gasteiger partial charge in [-0.3, -0.25) is 29.2 Å². The zero-order valence-electron chi connectivity index (χ0n) is 18.2. The Bertz CT molecular complexity index is 544. The summed E-state index contributed by atoms with van der Waals surface area (Å²) >= 11 is 0. The van der Waals surface area contributed by atoms with Crippen LogP contribution in [0.25, 0.3) is 0 Å². The molecule has 0 saturated carbocycles. The number of hydrogen-bond acceptors (Lipinski definition) is 6. The Kier molecular flexibility index (Phi) is 8.24. The lowest BCUT2D eigenvalue weighted by atomic mass is 10.0. The molecule has 2 fully saturated rings. The van der Waals surface area contributed by atoms with E-state index in [2.05, 4.69) is 42.4 Å². The molecule has 1 amide bonds. The molecule has 0 aromatic heterocycles. The van der Waals surface area contributed by atoms with Crippen LogP contribution in [0.15, 0.2) is 0 Å². The van der Waals surface area contributed by atoms with Gasteiger partial charge in [-0.05, 0) is 47.6 Å². The van der Waals surface area contributed by atoms with E-state index in [1.165, 1.54) is 0 Å². The van der Waals surface area contributed by atoms with Gasteiger partial charge in [-0.15, -0.1) is 0 Å². The van der Waals surface area contributed by atoms with Crippen molar-refractivity contribution in [3.05, 3.63) is 0 Å². The lowest BCUT2D eigenvalue weighted by Crippen LogP contribution is -2.60. The third kappa shape index (κ3) is 5.65. The topological polar surface area (TPSA) is 93.3 Å². The van der Waals surface area contributed by atoms with Crippen LogP contribution < -0.4 is 5.73 Å². The highest BCUT2D eigenvalue weighted by atomic mass is 16.4. The zero-order chi connectivity index (χ0) is 21.0. The van der Waals surface area contributed by atoms with Crippen LogP contribution in [0.5, 0.6) is 0 Å². The van der Waals surface area contributed by atoms with Crippen molar-refractivity contribution in [1.82, 2.24) is 19.6 Å². The summed E-state index contributed by atoms with van der Waals surface area (Å²) in [5.74, 6) is -0.982. The SMILES string of the molecule is CC(CCC(C)N1CCN(C(C)C)C(C(=O)O)C1)N1CCN(C)C(C(N)=O)C1. The highest BCUT2D eigenvalue weighted by Gasteiger charge is 2.35. The van der Waals surface area contributed by atoms with Gasteiger partial charge in [0.1, 0.15) is 12.1 Å². The van der Waals surface area contributed by atoms with Crippen molar-refractivity contribution >= 4 is 11.9 Å². The van der Waals surface area contributed by atoms with Gasteiger partial charge in [0.25, 0.3) is 0 Å². The third-order valence-corrected chi connectivity index (χ3v) is 6.66. The molecule has 0 aromatic carbocycles. The molecule has 2 heterocycles. The molecule has 2 aliphatic heterocycles. The summed E-state index contributed by atoms with van der Waals surface area (Å²) in [7, 11) is 1.95. The minimum absolute atomic E-state index is 0.214. The number of carbonyl (C=O) groups excluding carboxylic acids is 1. The van der Waals surface area contributed by atoms with E-state index in [9.17, 15) is 14.7 Å². The number of carboxylic acids is 1. The zero-order valence-corrected chi connectivity index (χ0v) is 18.2. The third-order valence-electron chi connectivity index (χ3n) is 6.66. The van der Waals surface area contributed by atoms with Gasteiger partial charge in [-0.25, -0.2) is 0 Å². The van der Waals surface area contributed by atoms with Gasteiger partial charge in [-0.2, -0.15) is 0 Å². The van der Waals surface area contributed by atoms with Crippen molar-refractivity contribution in [3.63, 3.8) is 0 Å². The molecule has 4 unspecified atom stereocenters. The highest BCUT2D eigenvalue weighted by Crippen LogP contribution is 2.20. The van der Waals surface area contributed by atoms with Crippen LogP contribution in [0, 0.1) is 0 Å². The van der Waals surface area contributed by atoms with Crippen LogP contribution in [0.4, 0.5) is 0 Å². The maximum Gasteiger partial charge on any atom is 0.322 e. The van der Waals surface area contributed by atoms with E-state index in [0.717, 1.165) is 39.0 Å². The fourth-order valence-corrected chi connectivity index (χ4v) is 4.51. The molecule has 0 spiro atoms. The molecule has 2 rings (SSSR count). The second-order valence-electron chi connectivity index (χ2n) is 8.85. The first-order valence-corrected chi connectivity index (χ1v) is 10.6. The Hall–Kier alpha value is -1.22. The fourth-order valence-electron chi connectivity index (χ4n) is 4.51. The summed E-state index contributed by atoms with van der Waals surface area (Å²) in [6, 6.07) is 0.328. The Labute approximate surface area is 169 Å². The van der Waals surface area contributed by atoms with Gasteiger partial charge in [0.05, 0.1) is 0 Å². The quantitative estimate of drug-likeness (QED) is 0.601. The van der Waals surface area contributed by atoms with Crippen molar-refractivity contribution in [2.24, 2.45) is 5.73 Å². The molecule has 0 aliphatic carbocycles. The molecule has 2 saturated heterocycles. The Balaban J connectivity index is 1.85. The molecule has 8 nitrogen and oxygen atoms in total. The van der Waals surface area contributed by atoms with Crippen LogP contribution >= 0.6 is 0 Å². The molecule has 0 bridgehead atoms. The highest BCUT2D eigenvalue weighted by molar-refractivity contribution is 5.80. The van der Waals surface area contributed by atoms with Crippen molar-refractivity contribution < 1.29 is 14.7 Å². The Morgan fingerprint density at radius 1 is 0.929 bits per heavy atom. The maximum atomic E-state index is 11.7. The van der Waals surface area contributed by atoms with E-state index in [4.69, 9.17) is 5.73 Å². The van der Waals surface area contributed by atoms with Gasteiger partial charge in [0.15, 0.2) is 0 Å². The number of carbonyl (C=O) groups is 2. The summed E-state index contributed by atoms with van der Waals surface area (Å²) in [5, 5.41) is 9.62. The summed E-state index contributed by atoms with van der Waals surface area (Å²) < 4.78 is 0. The Morgan fingerprint density at radius 2 is 1.43 bits per heavy atom. The summed E-state index contributed by atoms with van der Waals surface area (Å²) in [5.41, 5.74) is 5.54. The van der Waals surface area contributed by atoms with Crippen LogP contribution in [0.3, 0.4) is 0 Å². The predicted octanol–water partition coefficient (Wildman–Crippen LogP) is 0.124. The summed E-state index contributed by atoms with van der Waals surface area (Å²) in [6.07, 6.45) is 2.04. The molecule has 8 heteroatoms. The number of nitrogens with two attached hydrogens (primary N) is 1. The standard InChI is InChI=1S/C20H39N5O3/c1-14(2)25-11-10-24(13-18(25)20(27)28)16(4)7-6-15(3)23-9-8-22(5)17(12-23)19(21)26/h14-18H,6-13H2,1-5H3,(H2,21,26)(H,27,28). The number of piperazine rings is 2. The molecule has 0 radical (unpaired) electrons. The molecule has 28 heavy (non-hydrogen) atoms. The number of nitrogens with zero attached hydrogens (tertiary/aromatic N) is 4. The Morgan fingerprint density at radius 3 is 1.89 bits per heavy atom. The van der Waals surface area contributed by atoms with E-state index in [1.54, 1.807) is 0 Å². The first-order chi connectivity index (χ1) is 13.1. The van der Waals surface area contributed by atoms with E-state index in [0.29, 0.717) is 25.2 Å². The van der Waals surface area contributed by atoms with Crippen LogP contribution in [-0.2, 0) is 9.59 Å².